The first-order valence-electron chi connectivity index (χ1n) is 8.65. The second-order valence-corrected chi connectivity index (χ2v) is 7.93. The Hall–Kier alpha value is -1.44. The fourth-order valence-electron chi connectivity index (χ4n) is 3.97. The molecule has 24 heavy (non-hydrogen) atoms. The van der Waals surface area contributed by atoms with Crippen LogP contribution < -0.4 is 4.90 Å². The lowest BCUT2D eigenvalue weighted by Gasteiger charge is -2.43. The van der Waals surface area contributed by atoms with Crippen LogP contribution in [0.1, 0.15) is 18.7 Å². The standard InChI is InChI=1S/C17H25N5OS/c1-20-7-4-18-15(20)11-21-6-2-3-17(12-21)13-22(8-9-23-14-17)16-19-5-10-24-16/h4-5,7,10H,2-3,6,8-9,11-14H2,1H3. The van der Waals surface area contributed by atoms with E-state index in [-0.39, 0.29) is 5.41 Å². The molecule has 0 bridgehead atoms. The number of aromatic nitrogens is 3. The van der Waals surface area contributed by atoms with Crippen LogP contribution in [-0.2, 0) is 18.3 Å². The summed E-state index contributed by atoms with van der Waals surface area (Å²) in [5.74, 6) is 1.14. The molecule has 0 radical (unpaired) electrons. The van der Waals surface area contributed by atoms with Crippen molar-refractivity contribution < 1.29 is 4.74 Å². The number of hydrogen-bond acceptors (Lipinski definition) is 6. The number of rotatable bonds is 3. The zero-order valence-corrected chi connectivity index (χ0v) is 15.0. The highest BCUT2D eigenvalue weighted by Gasteiger charge is 2.39. The lowest BCUT2D eigenvalue weighted by atomic mass is 9.80. The van der Waals surface area contributed by atoms with Crippen LogP contribution in [0.2, 0.25) is 0 Å². The third-order valence-corrected chi connectivity index (χ3v) is 5.99. The van der Waals surface area contributed by atoms with Crippen LogP contribution in [0.4, 0.5) is 5.13 Å². The smallest absolute Gasteiger partial charge is 0.185 e. The average Bonchev–Trinajstić information content (AvgIpc) is 3.20. The van der Waals surface area contributed by atoms with E-state index in [2.05, 4.69) is 36.8 Å². The molecule has 0 N–H and O–H groups in total. The summed E-state index contributed by atoms with van der Waals surface area (Å²) < 4.78 is 8.13. The molecule has 6 nitrogen and oxygen atoms in total. The van der Waals surface area contributed by atoms with Crippen molar-refractivity contribution in [1.82, 2.24) is 19.4 Å². The first-order valence-corrected chi connectivity index (χ1v) is 9.53. The number of aryl methyl sites for hydroxylation is 1. The number of nitrogens with zero attached hydrogens (tertiary/aromatic N) is 5. The van der Waals surface area contributed by atoms with Crippen LogP contribution in [0.3, 0.4) is 0 Å². The summed E-state index contributed by atoms with van der Waals surface area (Å²) in [6.45, 7) is 6.76. The Morgan fingerprint density at radius 3 is 3.00 bits per heavy atom. The minimum Gasteiger partial charge on any atom is -0.379 e. The summed E-state index contributed by atoms with van der Waals surface area (Å²) in [5, 5.41) is 3.18. The highest BCUT2D eigenvalue weighted by Crippen LogP contribution is 2.35. The van der Waals surface area contributed by atoms with E-state index in [1.807, 2.05) is 18.6 Å². The van der Waals surface area contributed by atoms with Crippen molar-refractivity contribution in [2.24, 2.45) is 12.5 Å². The summed E-state index contributed by atoms with van der Waals surface area (Å²) in [5.41, 5.74) is 0.200. The lowest BCUT2D eigenvalue weighted by Crippen LogP contribution is -2.50. The molecule has 4 heterocycles. The van der Waals surface area contributed by atoms with Gasteiger partial charge in [0.1, 0.15) is 5.82 Å². The third-order valence-electron chi connectivity index (χ3n) is 5.16. The van der Waals surface area contributed by atoms with Crippen molar-refractivity contribution in [2.75, 3.05) is 44.3 Å². The molecule has 1 spiro atoms. The van der Waals surface area contributed by atoms with E-state index in [1.54, 1.807) is 11.3 Å². The number of likely N-dealkylation sites (tertiary alicyclic amines) is 1. The second-order valence-electron chi connectivity index (χ2n) is 7.06. The molecule has 130 valence electrons. The predicted octanol–water partition coefficient (Wildman–Crippen LogP) is 2.00. The van der Waals surface area contributed by atoms with Crippen LogP contribution in [0, 0.1) is 5.41 Å². The normalized spacial score (nSPS) is 26.0. The average molecular weight is 347 g/mol. The Morgan fingerprint density at radius 1 is 1.25 bits per heavy atom. The Bertz CT molecular complexity index is 658. The molecule has 0 amide bonds. The maximum Gasteiger partial charge on any atom is 0.185 e. The molecule has 2 aromatic rings. The van der Waals surface area contributed by atoms with Crippen LogP contribution in [0.25, 0.3) is 0 Å². The number of piperidine rings is 1. The van der Waals surface area contributed by atoms with Gasteiger partial charge in [-0.1, -0.05) is 0 Å². The molecule has 0 aromatic carbocycles. The summed E-state index contributed by atoms with van der Waals surface area (Å²) in [7, 11) is 2.07. The van der Waals surface area contributed by atoms with Gasteiger partial charge in [0.05, 0.1) is 19.8 Å². The van der Waals surface area contributed by atoms with Gasteiger partial charge in [-0.25, -0.2) is 9.97 Å². The maximum atomic E-state index is 6.01. The fourth-order valence-corrected chi connectivity index (χ4v) is 4.64. The van der Waals surface area contributed by atoms with Crippen molar-refractivity contribution in [3.63, 3.8) is 0 Å². The molecular formula is C17H25N5OS. The van der Waals surface area contributed by atoms with Gasteiger partial charge < -0.3 is 14.2 Å². The van der Waals surface area contributed by atoms with Crippen LogP contribution in [0.5, 0.6) is 0 Å². The molecule has 2 aliphatic rings. The van der Waals surface area contributed by atoms with E-state index in [4.69, 9.17) is 4.74 Å². The first kappa shape index (κ1) is 16.1. The van der Waals surface area contributed by atoms with Crippen molar-refractivity contribution in [3.05, 3.63) is 29.8 Å². The monoisotopic (exact) mass is 347 g/mol. The van der Waals surface area contributed by atoms with E-state index < -0.39 is 0 Å². The van der Waals surface area contributed by atoms with E-state index in [0.29, 0.717) is 0 Å². The molecule has 0 aliphatic carbocycles. The van der Waals surface area contributed by atoms with Gasteiger partial charge in [-0.15, -0.1) is 11.3 Å². The molecule has 2 aliphatic heterocycles. The Morgan fingerprint density at radius 2 is 2.21 bits per heavy atom. The van der Waals surface area contributed by atoms with Crippen molar-refractivity contribution in [2.45, 2.75) is 19.4 Å². The number of hydrogen-bond donors (Lipinski definition) is 0. The van der Waals surface area contributed by atoms with Gasteiger partial charge in [-0.3, -0.25) is 4.90 Å². The van der Waals surface area contributed by atoms with Crippen LogP contribution >= 0.6 is 11.3 Å². The van der Waals surface area contributed by atoms with Gasteiger partial charge in [-0.05, 0) is 19.4 Å². The lowest BCUT2D eigenvalue weighted by molar-refractivity contribution is 0.00969. The summed E-state index contributed by atoms with van der Waals surface area (Å²) >= 11 is 1.72. The minimum absolute atomic E-state index is 0.200. The van der Waals surface area contributed by atoms with Gasteiger partial charge in [-0.2, -0.15) is 0 Å². The van der Waals surface area contributed by atoms with Gasteiger partial charge in [0.25, 0.3) is 0 Å². The highest BCUT2D eigenvalue weighted by molar-refractivity contribution is 7.13. The van der Waals surface area contributed by atoms with Crippen LogP contribution in [0.15, 0.2) is 24.0 Å². The summed E-state index contributed by atoms with van der Waals surface area (Å²) in [6.07, 6.45) is 8.25. The molecular weight excluding hydrogens is 322 g/mol. The molecule has 2 fully saturated rings. The Kier molecular flexibility index (Phi) is 4.56. The van der Waals surface area contributed by atoms with Gasteiger partial charge >= 0.3 is 0 Å². The molecule has 1 atom stereocenters. The van der Waals surface area contributed by atoms with E-state index in [0.717, 1.165) is 56.9 Å². The summed E-state index contributed by atoms with van der Waals surface area (Å²) in [6, 6.07) is 0. The number of imidazole rings is 1. The zero-order chi connectivity index (χ0) is 16.4. The topological polar surface area (TPSA) is 46.4 Å². The largest absolute Gasteiger partial charge is 0.379 e. The first-order chi connectivity index (χ1) is 11.7. The number of ether oxygens (including phenoxy) is 1. The molecule has 0 saturated carbocycles. The van der Waals surface area contributed by atoms with Crippen LogP contribution in [-0.4, -0.2) is 58.8 Å². The maximum absolute atomic E-state index is 6.01. The van der Waals surface area contributed by atoms with E-state index in [9.17, 15) is 0 Å². The minimum atomic E-state index is 0.200. The molecule has 1 unspecified atom stereocenters. The quantitative estimate of drug-likeness (QED) is 0.850. The van der Waals surface area contributed by atoms with Gasteiger partial charge in [0, 0.05) is 56.1 Å². The number of thiazole rings is 1. The zero-order valence-electron chi connectivity index (χ0n) is 14.2. The van der Waals surface area contributed by atoms with E-state index >= 15 is 0 Å². The second kappa shape index (κ2) is 6.82. The van der Waals surface area contributed by atoms with Gasteiger partial charge in [0.2, 0.25) is 0 Å². The van der Waals surface area contributed by atoms with Crippen molar-refractivity contribution in [3.8, 4) is 0 Å². The third kappa shape index (κ3) is 3.34. The predicted molar refractivity (Wildman–Crippen MR) is 95.3 cm³/mol. The van der Waals surface area contributed by atoms with E-state index in [1.165, 1.54) is 12.8 Å². The fraction of sp³-hybridized carbons (Fsp3) is 0.647. The number of anilines is 1. The molecule has 2 saturated heterocycles. The molecule has 7 heteroatoms. The Labute approximate surface area is 147 Å². The van der Waals surface area contributed by atoms with Gasteiger partial charge in [0.15, 0.2) is 5.13 Å². The molecule has 4 rings (SSSR count). The molecule has 2 aromatic heterocycles. The SMILES string of the molecule is Cn1ccnc1CN1CCCC2(COCCN(c3nccs3)C2)C1. The summed E-state index contributed by atoms with van der Waals surface area (Å²) in [4.78, 5) is 14.0. The van der Waals surface area contributed by atoms with Crippen molar-refractivity contribution in [1.29, 1.82) is 0 Å². The van der Waals surface area contributed by atoms with Crippen molar-refractivity contribution >= 4 is 16.5 Å². The highest BCUT2D eigenvalue weighted by atomic mass is 32.1. The Balaban J connectivity index is 1.49.